The molecule has 0 aromatic carbocycles. The molecule has 2 aliphatic rings. The van der Waals surface area contributed by atoms with Gasteiger partial charge in [-0.25, -0.2) is 4.98 Å². The molecule has 3 rings (SSSR count). The number of aromatic amines is 1. The van der Waals surface area contributed by atoms with Gasteiger partial charge in [-0.1, -0.05) is 6.92 Å². The van der Waals surface area contributed by atoms with E-state index in [0.29, 0.717) is 26.1 Å². The molecule has 2 aliphatic heterocycles. The molecular formula is C17H27N3O3. The number of nitrogens with zero attached hydrogens (tertiary/aromatic N) is 2. The van der Waals surface area contributed by atoms with E-state index in [9.17, 15) is 4.79 Å². The van der Waals surface area contributed by atoms with Crippen LogP contribution in [0.1, 0.15) is 45.1 Å². The number of aromatic nitrogens is 2. The zero-order valence-electron chi connectivity index (χ0n) is 14.3. The van der Waals surface area contributed by atoms with E-state index in [1.54, 1.807) is 0 Å². The van der Waals surface area contributed by atoms with Crippen molar-refractivity contribution in [1.82, 2.24) is 14.9 Å². The van der Waals surface area contributed by atoms with Gasteiger partial charge in [0.05, 0.1) is 24.2 Å². The first-order valence-corrected chi connectivity index (χ1v) is 8.59. The largest absolute Gasteiger partial charge is 0.378 e. The Hall–Kier alpha value is -1.40. The number of hydrogen-bond donors (Lipinski definition) is 1. The smallest absolute Gasteiger partial charge is 0.230 e. The summed E-state index contributed by atoms with van der Waals surface area (Å²) >= 11 is 0. The molecule has 1 amide bonds. The molecule has 128 valence electrons. The third-order valence-electron chi connectivity index (χ3n) is 4.76. The lowest BCUT2D eigenvalue weighted by atomic mass is 9.88. The molecule has 6 nitrogen and oxygen atoms in total. The molecule has 0 radical (unpaired) electrons. The SMILES string of the molecule is CCc1cnc(CC(=O)N2CC(C)OC3(CCOC(C)C3)C2)[nH]1. The van der Waals surface area contributed by atoms with Crippen LogP contribution in [-0.4, -0.2) is 58.3 Å². The molecule has 0 aliphatic carbocycles. The van der Waals surface area contributed by atoms with Crippen molar-refractivity contribution in [2.24, 2.45) is 0 Å². The van der Waals surface area contributed by atoms with Crippen molar-refractivity contribution >= 4 is 5.91 Å². The minimum absolute atomic E-state index is 0.0563. The number of aryl methyl sites for hydroxylation is 1. The Balaban J connectivity index is 1.67. The highest BCUT2D eigenvalue weighted by Gasteiger charge is 2.43. The predicted octanol–water partition coefficient (Wildman–Crippen LogP) is 1.70. The molecule has 6 heteroatoms. The fourth-order valence-electron chi connectivity index (χ4n) is 3.73. The summed E-state index contributed by atoms with van der Waals surface area (Å²) in [5.41, 5.74) is 0.820. The monoisotopic (exact) mass is 321 g/mol. The standard InChI is InChI=1S/C17H27N3O3/c1-4-14-9-18-15(19-14)7-16(21)20-10-13(3)23-17(11-20)5-6-22-12(2)8-17/h9,12-13H,4-8,10-11H2,1-3H3,(H,18,19). The van der Waals surface area contributed by atoms with Gasteiger partial charge in [0, 0.05) is 44.4 Å². The molecule has 3 heterocycles. The molecular weight excluding hydrogens is 294 g/mol. The molecule has 1 spiro atoms. The first-order valence-electron chi connectivity index (χ1n) is 8.59. The van der Waals surface area contributed by atoms with Gasteiger partial charge in [0.1, 0.15) is 5.82 Å². The summed E-state index contributed by atoms with van der Waals surface area (Å²) < 4.78 is 11.9. The van der Waals surface area contributed by atoms with Gasteiger partial charge in [-0.05, 0) is 20.3 Å². The van der Waals surface area contributed by atoms with Crippen LogP contribution in [0.2, 0.25) is 0 Å². The van der Waals surface area contributed by atoms with E-state index in [4.69, 9.17) is 9.47 Å². The average Bonchev–Trinajstić information content (AvgIpc) is 2.93. The minimum Gasteiger partial charge on any atom is -0.378 e. The van der Waals surface area contributed by atoms with Crippen molar-refractivity contribution in [2.75, 3.05) is 19.7 Å². The maximum absolute atomic E-state index is 12.7. The Morgan fingerprint density at radius 1 is 1.48 bits per heavy atom. The highest BCUT2D eigenvalue weighted by Crippen LogP contribution is 2.34. The van der Waals surface area contributed by atoms with Gasteiger partial charge >= 0.3 is 0 Å². The molecule has 2 saturated heterocycles. The number of amides is 1. The summed E-state index contributed by atoms with van der Waals surface area (Å²) in [6.07, 6.45) is 4.98. The number of nitrogens with one attached hydrogen (secondary N) is 1. The summed E-state index contributed by atoms with van der Waals surface area (Å²) in [4.78, 5) is 22.2. The summed E-state index contributed by atoms with van der Waals surface area (Å²) in [7, 11) is 0. The van der Waals surface area contributed by atoms with E-state index in [2.05, 4.69) is 23.8 Å². The second-order valence-electron chi connectivity index (χ2n) is 6.91. The van der Waals surface area contributed by atoms with Crippen LogP contribution >= 0.6 is 0 Å². The topological polar surface area (TPSA) is 67.5 Å². The fourth-order valence-corrected chi connectivity index (χ4v) is 3.73. The lowest BCUT2D eigenvalue weighted by Gasteiger charge is -2.48. The molecule has 1 N–H and O–H groups in total. The van der Waals surface area contributed by atoms with Crippen LogP contribution in [0.5, 0.6) is 0 Å². The second kappa shape index (κ2) is 6.61. The Morgan fingerprint density at radius 3 is 3.00 bits per heavy atom. The van der Waals surface area contributed by atoms with Crippen molar-refractivity contribution < 1.29 is 14.3 Å². The Kier molecular flexibility index (Phi) is 4.73. The number of carbonyl (C=O) groups is 1. The van der Waals surface area contributed by atoms with Gasteiger partial charge in [0.15, 0.2) is 0 Å². The number of ether oxygens (including phenoxy) is 2. The number of H-pyrrole nitrogens is 1. The summed E-state index contributed by atoms with van der Waals surface area (Å²) in [5, 5.41) is 0. The minimum atomic E-state index is -0.247. The number of hydrogen-bond acceptors (Lipinski definition) is 4. The third kappa shape index (κ3) is 3.75. The quantitative estimate of drug-likeness (QED) is 0.920. The molecule has 23 heavy (non-hydrogen) atoms. The Bertz CT molecular complexity index is 555. The molecule has 2 fully saturated rings. The van der Waals surface area contributed by atoms with Crippen molar-refractivity contribution in [1.29, 1.82) is 0 Å². The fraction of sp³-hybridized carbons (Fsp3) is 0.765. The highest BCUT2D eigenvalue weighted by molar-refractivity contribution is 5.78. The van der Waals surface area contributed by atoms with Crippen LogP contribution in [0.4, 0.5) is 0 Å². The second-order valence-corrected chi connectivity index (χ2v) is 6.91. The predicted molar refractivity (Wildman–Crippen MR) is 86.2 cm³/mol. The first-order chi connectivity index (χ1) is 11.0. The molecule has 3 unspecified atom stereocenters. The Labute approximate surface area is 137 Å². The first kappa shape index (κ1) is 16.5. The van der Waals surface area contributed by atoms with E-state index >= 15 is 0 Å². The maximum Gasteiger partial charge on any atom is 0.230 e. The van der Waals surface area contributed by atoms with Crippen molar-refractivity contribution in [3.8, 4) is 0 Å². The van der Waals surface area contributed by atoms with Gasteiger partial charge < -0.3 is 19.4 Å². The van der Waals surface area contributed by atoms with Gasteiger partial charge in [-0.3, -0.25) is 4.79 Å². The molecule has 1 aromatic rings. The normalized spacial score (nSPS) is 31.5. The molecule has 3 atom stereocenters. The van der Waals surface area contributed by atoms with Crippen LogP contribution in [-0.2, 0) is 27.1 Å². The number of carbonyl (C=O) groups excluding carboxylic acids is 1. The molecule has 0 bridgehead atoms. The van der Waals surface area contributed by atoms with Gasteiger partial charge in [0.2, 0.25) is 5.91 Å². The number of rotatable bonds is 3. The third-order valence-corrected chi connectivity index (χ3v) is 4.76. The van der Waals surface area contributed by atoms with Crippen LogP contribution in [0, 0.1) is 0 Å². The van der Waals surface area contributed by atoms with Gasteiger partial charge in [-0.2, -0.15) is 0 Å². The van der Waals surface area contributed by atoms with Crippen LogP contribution in [0.3, 0.4) is 0 Å². The summed E-state index contributed by atoms with van der Waals surface area (Å²) in [6, 6.07) is 0. The lowest BCUT2D eigenvalue weighted by Crippen LogP contribution is -2.59. The maximum atomic E-state index is 12.7. The summed E-state index contributed by atoms with van der Waals surface area (Å²) in [5.74, 6) is 0.871. The summed E-state index contributed by atoms with van der Waals surface area (Å²) in [6.45, 7) is 8.20. The van der Waals surface area contributed by atoms with E-state index in [1.165, 1.54) is 0 Å². The van der Waals surface area contributed by atoms with E-state index in [0.717, 1.165) is 30.8 Å². The van der Waals surface area contributed by atoms with Crippen LogP contribution in [0.15, 0.2) is 6.20 Å². The van der Waals surface area contributed by atoms with Gasteiger partial charge in [0.25, 0.3) is 0 Å². The van der Waals surface area contributed by atoms with E-state index < -0.39 is 0 Å². The lowest BCUT2D eigenvalue weighted by molar-refractivity contribution is -0.199. The van der Waals surface area contributed by atoms with Crippen molar-refractivity contribution in [3.05, 3.63) is 17.7 Å². The number of imidazole rings is 1. The number of morpholine rings is 1. The zero-order chi connectivity index (χ0) is 16.4. The van der Waals surface area contributed by atoms with Crippen molar-refractivity contribution in [2.45, 2.75) is 64.3 Å². The highest BCUT2D eigenvalue weighted by atomic mass is 16.5. The molecule has 1 aromatic heterocycles. The molecule has 0 saturated carbocycles. The van der Waals surface area contributed by atoms with Crippen LogP contribution < -0.4 is 0 Å². The Morgan fingerprint density at radius 2 is 2.30 bits per heavy atom. The zero-order valence-corrected chi connectivity index (χ0v) is 14.3. The van der Waals surface area contributed by atoms with Gasteiger partial charge in [-0.15, -0.1) is 0 Å². The van der Waals surface area contributed by atoms with Crippen LogP contribution in [0.25, 0.3) is 0 Å². The van der Waals surface area contributed by atoms with Crippen molar-refractivity contribution in [3.63, 3.8) is 0 Å². The average molecular weight is 321 g/mol. The van der Waals surface area contributed by atoms with E-state index in [-0.39, 0.29) is 23.7 Å². The van der Waals surface area contributed by atoms with E-state index in [1.807, 2.05) is 18.0 Å².